The van der Waals surface area contributed by atoms with Crippen LogP contribution in [0.1, 0.15) is 19.8 Å². The molecular formula is C11H22N2O. The molecule has 14 heavy (non-hydrogen) atoms. The van der Waals surface area contributed by atoms with Crippen molar-refractivity contribution in [1.82, 2.24) is 10.2 Å². The van der Waals surface area contributed by atoms with E-state index in [9.17, 15) is 0 Å². The zero-order chi connectivity index (χ0) is 10.0. The van der Waals surface area contributed by atoms with Gasteiger partial charge in [0.05, 0.1) is 6.10 Å². The van der Waals surface area contributed by atoms with Crippen LogP contribution in [0.4, 0.5) is 0 Å². The first kappa shape index (κ1) is 10.4. The zero-order valence-electron chi connectivity index (χ0n) is 9.38. The molecule has 1 N–H and O–H groups in total. The molecule has 82 valence electrons. The maximum Gasteiger partial charge on any atom is 0.0710 e. The number of likely N-dealkylation sites (tertiary alicyclic amines) is 1. The molecular weight excluding hydrogens is 176 g/mol. The Morgan fingerprint density at radius 2 is 2.43 bits per heavy atom. The van der Waals surface area contributed by atoms with E-state index in [-0.39, 0.29) is 0 Å². The quantitative estimate of drug-likeness (QED) is 0.723. The number of hydrogen-bond acceptors (Lipinski definition) is 3. The molecule has 0 aromatic carbocycles. The summed E-state index contributed by atoms with van der Waals surface area (Å²) in [6, 6.07) is 0. The number of hydrogen-bond donors (Lipinski definition) is 1. The Morgan fingerprint density at radius 1 is 1.57 bits per heavy atom. The minimum Gasteiger partial charge on any atom is -0.380 e. The van der Waals surface area contributed by atoms with Gasteiger partial charge in [0, 0.05) is 33.3 Å². The van der Waals surface area contributed by atoms with Gasteiger partial charge in [-0.2, -0.15) is 0 Å². The molecule has 2 rings (SSSR count). The van der Waals surface area contributed by atoms with Gasteiger partial charge in [-0.15, -0.1) is 0 Å². The van der Waals surface area contributed by atoms with Crippen molar-refractivity contribution in [3.05, 3.63) is 0 Å². The average molecular weight is 198 g/mol. The van der Waals surface area contributed by atoms with E-state index >= 15 is 0 Å². The molecule has 0 aromatic heterocycles. The molecule has 3 heteroatoms. The number of rotatable bonds is 3. The largest absolute Gasteiger partial charge is 0.380 e. The maximum atomic E-state index is 5.38. The van der Waals surface area contributed by atoms with Gasteiger partial charge in [0.25, 0.3) is 0 Å². The highest BCUT2D eigenvalue weighted by atomic mass is 16.5. The molecule has 2 aliphatic rings. The van der Waals surface area contributed by atoms with E-state index in [4.69, 9.17) is 4.74 Å². The predicted octanol–water partition coefficient (Wildman–Crippen LogP) is 0.707. The predicted molar refractivity (Wildman–Crippen MR) is 57.4 cm³/mol. The van der Waals surface area contributed by atoms with Gasteiger partial charge in [0.15, 0.2) is 0 Å². The molecule has 2 unspecified atom stereocenters. The second-order valence-corrected chi connectivity index (χ2v) is 5.12. The fourth-order valence-electron chi connectivity index (χ4n) is 2.68. The molecule has 0 saturated carbocycles. The number of methoxy groups -OCH3 is 1. The third kappa shape index (κ3) is 2.27. The second-order valence-electron chi connectivity index (χ2n) is 5.12. The standard InChI is InChI=1S/C11H22N2O/c1-11(4-5-12-8-11)9-13-6-3-10(7-13)14-2/h10,12H,3-9H2,1-2H3. The normalized spacial score (nSPS) is 39.4. The first-order valence-electron chi connectivity index (χ1n) is 5.68. The van der Waals surface area contributed by atoms with Crippen molar-refractivity contribution in [2.24, 2.45) is 5.41 Å². The molecule has 0 spiro atoms. The Hall–Kier alpha value is -0.120. The van der Waals surface area contributed by atoms with Crippen LogP contribution < -0.4 is 5.32 Å². The zero-order valence-corrected chi connectivity index (χ0v) is 9.38. The monoisotopic (exact) mass is 198 g/mol. The van der Waals surface area contributed by atoms with Crippen LogP contribution in [-0.4, -0.2) is 50.8 Å². The van der Waals surface area contributed by atoms with E-state index in [1.807, 2.05) is 7.11 Å². The topological polar surface area (TPSA) is 24.5 Å². The van der Waals surface area contributed by atoms with Crippen LogP contribution in [0.2, 0.25) is 0 Å². The summed E-state index contributed by atoms with van der Waals surface area (Å²) in [6.45, 7) is 8.35. The summed E-state index contributed by atoms with van der Waals surface area (Å²) in [5, 5.41) is 3.45. The maximum absolute atomic E-state index is 5.38. The lowest BCUT2D eigenvalue weighted by atomic mass is 9.89. The van der Waals surface area contributed by atoms with Gasteiger partial charge < -0.3 is 15.0 Å². The summed E-state index contributed by atoms with van der Waals surface area (Å²) in [5.74, 6) is 0. The number of nitrogens with zero attached hydrogens (tertiary/aromatic N) is 1. The summed E-state index contributed by atoms with van der Waals surface area (Å²) in [4.78, 5) is 2.56. The van der Waals surface area contributed by atoms with Crippen LogP contribution in [-0.2, 0) is 4.74 Å². The van der Waals surface area contributed by atoms with E-state index < -0.39 is 0 Å². The molecule has 0 radical (unpaired) electrons. The third-order valence-corrected chi connectivity index (χ3v) is 3.62. The minimum atomic E-state index is 0.480. The number of nitrogens with one attached hydrogen (secondary N) is 1. The van der Waals surface area contributed by atoms with E-state index in [1.54, 1.807) is 0 Å². The molecule has 2 heterocycles. The van der Waals surface area contributed by atoms with Crippen molar-refractivity contribution in [2.45, 2.75) is 25.9 Å². The van der Waals surface area contributed by atoms with Crippen LogP contribution in [0.25, 0.3) is 0 Å². The fraction of sp³-hybridized carbons (Fsp3) is 1.00. The first-order valence-corrected chi connectivity index (χ1v) is 5.68. The Labute approximate surface area is 86.8 Å². The lowest BCUT2D eigenvalue weighted by molar-refractivity contribution is 0.101. The van der Waals surface area contributed by atoms with Gasteiger partial charge >= 0.3 is 0 Å². The van der Waals surface area contributed by atoms with Crippen molar-refractivity contribution < 1.29 is 4.74 Å². The SMILES string of the molecule is COC1CCN(CC2(C)CCNC2)C1. The molecule has 0 aromatic rings. The molecule has 0 amide bonds. The third-order valence-electron chi connectivity index (χ3n) is 3.62. The van der Waals surface area contributed by atoms with Gasteiger partial charge in [-0.05, 0) is 24.8 Å². The summed E-state index contributed by atoms with van der Waals surface area (Å²) < 4.78 is 5.38. The smallest absolute Gasteiger partial charge is 0.0710 e. The Kier molecular flexibility index (Phi) is 3.10. The van der Waals surface area contributed by atoms with E-state index in [1.165, 1.54) is 39.0 Å². The van der Waals surface area contributed by atoms with Crippen LogP contribution in [0.5, 0.6) is 0 Å². The Bertz CT molecular complexity index is 190. The second kappa shape index (κ2) is 4.17. The van der Waals surface area contributed by atoms with Crippen molar-refractivity contribution >= 4 is 0 Å². The van der Waals surface area contributed by atoms with Crippen LogP contribution in [0, 0.1) is 5.41 Å². The van der Waals surface area contributed by atoms with E-state index in [0.717, 1.165) is 6.54 Å². The van der Waals surface area contributed by atoms with Crippen molar-refractivity contribution in [3.8, 4) is 0 Å². The van der Waals surface area contributed by atoms with Gasteiger partial charge in [-0.25, -0.2) is 0 Å². The summed E-state index contributed by atoms with van der Waals surface area (Å²) in [6.07, 6.45) is 3.01. The highest BCUT2D eigenvalue weighted by Gasteiger charge is 2.33. The van der Waals surface area contributed by atoms with E-state index in [2.05, 4.69) is 17.1 Å². The highest BCUT2D eigenvalue weighted by molar-refractivity contribution is 4.89. The van der Waals surface area contributed by atoms with Crippen molar-refractivity contribution in [2.75, 3.05) is 39.8 Å². The van der Waals surface area contributed by atoms with E-state index in [0.29, 0.717) is 11.5 Å². The molecule has 2 aliphatic heterocycles. The molecule has 0 bridgehead atoms. The van der Waals surface area contributed by atoms with Gasteiger partial charge in [-0.3, -0.25) is 0 Å². The van der Waals surface area contributed by atoms with Gasteiger partial charge in [-0.1, -0.05) is 6.92 Å². The lowest BCUT2D eigenvalue weighted by Crippen LogP contribution is -2.36. The minimum absolute atomic E-state index is 0.480. The molecule has 2 fully saturated rings. The van der Waals surface area contributed by atoms with Gasteiger partial charge in [0.1, 0.15) is 0 Å². The Morgan fingerprint density at radius 3 is 3.00 bits per heavy atom. The van der Waals surface area contributed by atoms with Crippen LogP contribution >= 0.6 is 0 Å². The summed E-state index contributed by atoms with van der Waals surface area (Å²) in [5.41, 5.74) is 0.503. The van der Waals surface area contributed by atoms with Gasteiger partial charge in [0.2, 0.25) is 0 Å². The summed E-state index contributed by atoms with van der Waals surface area (Å²) in [7, 11) is 1.83. The van der Waals surface area contributed by atoms with Crippen molar-refractivity contribution in [3.63, 3.8) is 0 Å². The summed E-state index contributed by atoms with van der Waals surface area (Å²) >= 11 is 0. The lowest BCUT2D eigenvalue weighted by Gasteiger charge is -2.28. The average Bonchev–Trinajstić information content (AvgIpc) is 2.75. The molecule has 3 nitrogen and oxygen atoms in total. The fourth-order valence-corrected chi connectivity index (χ4v) is 2.68. The molecule has 0 aliphatic carbocycles. The van der Waals surface area contributed by atoms with Crippen LogP contribution in [0.15, 0.2) is 0 Å². The molecule has 2 atom stereocenters. The van der Waals surface area contributed by atoms with Crippen LogP contribution in [0.3, 0.4) is 0 Å². The van der Waals surface area contributed by atoms with Crippen molar-refractivity contribution in [1.29, 1.82) is 0 Å². The Balaban J connectivity index is 1.80. The number of ether oxygens (including phenoxy) is 1. The first-order chi connectivity index (χ1) is 6.72. The molecule has 2 saturated heterocycles. The highest BCUT2D eigenvalue weighted by Crippen LogP contribution is 2.27.